The number of nitrogens with two attached hydrogens (primary N) is 1. The van der Waals surface area contributed by atoms with E-state index in [0.717, 1.165) is 18.8 Å². The van der Waals surface area contributed by atoms with E-state index < -0.39 is 0 Å². The molecule has 3 heteroatoms. The van der Waals surface area contributed by atoms with E-state index in [1.807, 2.05) is 18.2 Å². The average molecular weight is 236 g/mol. The van der Waals surface area contributed by atoms with Gasteiger partial charge in [-0.25, -0.2) is 0 Å². The van der Waals surface area contributed by atoms with E-state index in [9.17, 15) is 0 Å². The number of nitrogens with zero attached hydrogens (tertiary/aromatic N) is 1. The summed E-state index contributed by atoms with van der Waals surface area (Å²) in [6.07, 6.45) is 0. The molecule has 96 valence electrons. The largest absolute Gasteiger partial charge is 0.496 e. The first-order chi connectivity index (χ1) is 8.04. The molecule has 3 nitrogen and oxygen atoms in total. The molecule has 1 atom stereocenters. The SMILES string of the molecule is COc1ccccc1CN(C)CC(N)C(C)C. The minimum atomic E-state index is 0.217. The molecule has 1 rings (SSSR count). The smallest absolute Gasteiger partial charge is 0.123 e. The Kier molecular flexibility index (Phi) is 5.45. The first-order valence-corrected chi connectivity index (χ1v) is 6.10. The Hall–Kier alpha value is -1.06. The highest BCUT2D eigenvalue weighted by Crippen LogP contribution is 2.18. The van der Waals surface area contributed by atoms with E-state index in [1.54, 1.807) is 7.11 Å². The first-order valence-electron chi connectivity index (χ1n) is 6.10. The highest BCUT2D eigenvalue weighted by atomic mass is 16.5. The van der Waals surface area contributed by atoms with Crippen molar-refractivity contribution in [1.82, 2.24) is 4.90 Å². The van der Waals surface area contributed by atoms with Crippen LogP contribution in [0.2, 0.25) is 0 Å². The standard InChI is InChI=1S/C14H24N2O/c1-11(2)13(15)10-16(3)9-12-7-5-6-8-14(12)17-4/h5-8,11,13H,9-10,15H2,1-4H3. The van der Waals surface area contributed by atoms with E-state index in [1.165, 1.54) is 5.56 Å². The lowest BCUT2D eigenvalue weighted by atomic mass is 10.0. The Morgan fingerprint density at radius 3 is 2.53 bits per heavy atom. The topological polar surface area (TPSA) is 38.5 Å². The van der Waals surface area contributed by atoms with Gasteiger partial charge in [0.2, 0.25) is 0 Å². The van der Waals surface area contributed by atoms with Crippen molar-refractivity contribution >= 4 is 0 Å². The highest BCUT2D eigenvalue weighted by Gasteiger charge is 2.12. The van der Waals surface area contributed by atoms with Gasteiger partial charge in [0.25, 0.3) is 0 Å². The molecule has 2 N–H and O–H groups in total. The van der Waals surface area contributed by atoms with Crippen molar-refractivity contribution in [3.05, 3.63) is 29.8 Å². The fraction of sp³-hybridized carbons (Fsp3) is 0.571. The predicted octanol–water partition coefficient (Wildman–Crippen LogP) is 2.11. The summed E-state index contributed by atoms with van der Waals surface area (Å²) in [5.74, 6) is 1.45. The van der Waals surface area contributed by atoms with Crippen molar-refractivity contribution in [1.29, 1.82) is 0 Å². The molecular formula is C14H24N2O. The molecule has 0 amide bonds. The maximum atomic E-state index is 6.07. The molecule has 0 bridgehead atoms. The van der Waals surface area contributed by atoms with Gasteiger partial charge in [0.1, 0.15) is 5.75 Å². The monoisotopic (exact) mass is 236 g/mol. The van der Waals surface area contributed by atoms with Crippen molar-refractivity contribution in [2.45, 2.75) is 26.4 Å². The van der Waals surface area contributed by atoms with E-state index >= 15 is 0 Å². The molecule has 0 aliphatic rings. The van der Waals surface area contributed by atoms with Crippen molar-refractivity contribution in [2.24, 2.45) is 11.7 Å². The Labute approximate surface area is 105 Å². The number of rotatable bonds is 6. The molecule has 0 radical (unpaired) electrons. The summed E-state index contributed by atoms with van der Waals surface area (Å²) in [4.78, 5) is 2.24. The molecule has 0 aromatic heterocycles. The van der Waals surface area contributed by atoms with Crippen LogP contribution in [0, 0.1) is 5.92 Å². The van der Waals surface area contributed by atoms with Gasteiger partial charge in [-0.2, -0.15) is 0 Å². The summed E-state index contributed by atoms with van der Waals surface area (Å²) < 4.78 is 5.34. The van der Waals surface area contributed by atoms with E-state index in [0.29, 0.717) is 5.92 Å². The van der Waals surface area contributed by atoms with Gasteiger partial charge in [-0.3, -0.25) is 0 Å². The lowest BCUT2D eigenvalue weighted by Gasteiger charge is -2.24. The maximum absolute atomic E-state index is 6.07. The summed E-state index contributed by atoms with van der Waals surface area (Å²) in [5.41, 5.74) is 7.27. The number of hydrogen-bond donors (Lipinski definition) is 1. The summed E-state index contributed by atoms with van der Waals surface area (Å²) >= 11 is 0. The minimum absolute atomic E-state index is 0.217. The lowest BCUT2D eigenvalue weighted by Crippen LogP contribution is -2.38. The molecule has 0 fully saturated rings. The van der Waals surface area contributed by atoms with Gasteiger partial charge in [0.05, 0.1) is 7.11 Å². The van der Waals surface area contributed by atoms with Crippen LogP contribution >= 0.6 is 0 Å². The van der Waals surface area contributed by atoms with Crippen molar-refractivity contribution in [2.75, 3.05) is 20.7 Å². The average Bonchev–Trinajstić information content (AvgIpc) is 2.29. The molecule has 17 heavy (non-hydrogen) atoms. The van der Waals surface area contributed by atoms with Crippen LogP contribution in [0.4, 0.5) is 0 Å². The molecule has 0 aliphatic carbocycles. The number of methoxy groups -OCH3 is 1. The predicted molar refractivity (Wildman–Crippen MR) is 72.1 cm³/mol. The van der Waals surface area contributed by atoms with Gasteiger partial charge >= 0.3 is 0 Å². The molecule has 0 spiro atoms. The zero-order valence-corrected chi connectivity index (χ0v) is 11.3. The highest BCUT2D eigenvalue weighted by molar-refractivity contribution is 5.32. The van der Waals surface area contributed by atoms with Gasteiger partial charge < -0.3 is 15.4 Å². The quantitative estimate of drug-likeness (QED) is 0.822. The van der Waals surface area contributed by atoms with Gasteiger partial charge in [-0.05, 0) is 19.0 Å². The van der Waals surface area contributed by atoms with Crippen LogP contribution in [0.5, 0.6) is 5.75 Å². The molecule has 0 saturated heterocycles. The summed E-state index contributed by atoms with van der Waals surface area (Å²) in [6.45, 7) is 6.07. The molecule has 1 aromatic rings. The van der Waals surface area contributed by atoms with Crippen LogP contribution in [0.25, 0.3) is 0 Å². The van der Waals surface area contributed by atoms with Gasteiger partial charge in [0, 0.05) is 24.7 Å². The Bertz CT molecular complexity index is 339. The zero-order valence-electron chi connectivity index (χ0n) is 11.3. The van der Waals surface area contributed by atoms with Crippen LogP contribution in [0.3, 0.4) is 0 Å². The number of ether oxygens (including phenoxy) is 1. The van der Waals surface area contributed by atoms with Gasteiger partial charge in [-0.15, -0.1) is 0 Å². The maximum Gasteiger partial charge on any atom is 0.123 e. The summed E-state index contributed by atoms with van der Waals surface area (Å²) in [7, 11) is 3.80. The Morgan fingerprint density at radius 2 is 1.94 bits per heavy atom. The molecule has 0 saturated carbocycles. The summed E-state index contributed by atoms with van der Waals surface area (Å²) in [6, 6.07) is 8.33. The molecular weight excluding hydrogens is 212 g/mol. The molecule has 1 unspecified atom stereocenters. The Morgan fingerprint density at radius 1 is 1.29 bits per heavy atom. The molecule has 1 aromatic carbocycles. The van der Waals surface area contributed by atoms with Crippen LogP contribution in [-0.4, -0.2) is 31.6 Å². The van der Waals surface area contributed by atoms with E-state index in [-0.39, 0.29) is 6.04 Å². The van der Waals surface area contributed by atoms with Gasteiger partial charge in [-0.1, -0.05) is 32.0 Å². The van der Waals surface area contributed by atoms with Crippen LogP contribution in [0.1, 0.15) is 19.4 Å². The lowest BCUT2D eigenvalue weighted by molar-refractivity contribution is 0.272. The second-order valence-corrected chi connectivity index (χ2v) is 4.92. The number of hydrogen-bond acceptors (Lipinski definition) is 3. The minimum Gasteiger partial charge on any atom is -0.496 e. The zero-order chi connectivity index (χ0) is 12.8. The molecule has 0 aliphatic heterocycles. The third kappa shape index (κ3) is 4.36. The number of benzene rings is 1. The normalized spacial score (nSPS) is 13.1. The van der Waals surface area contributed by atoms with Crippen LogP contribution in [-0.2, 0) is 6.54 Å². The second kappa shape index (κ2) is 6.62. The fourth-order valence-corrected chi connectivity index (χ4v) is 1.76. The van der Waals surface area contributed by atoms with Crippen LogP contribution in [0.15, 0.2) is 24.3 Å². The molecule has 0 heterocycles. The van der Waals surface area contributed by atoms with E-state index in [2.05, 4.69) is 31.9 Å². The van der Waals surface area contributed by atoms with E-state index in [4.69, 9.17) is 10.5 Å². The fourth-order valence-electron chi connectivity index (χ4n) is 1.76. The first kappa shape index (κ1) is 14.0. The summed E-state index contributed by atoms with van der Waals surface area (Å²) in [5, 5.41) is 0. The van der Waals surface area contributed by atoms with Crippen molar-refractivity contribution < 1.29 is 4.74 Å². The number of para-hydroxylation sites is 1. The van der Waals surface area contributed by atoms with Crippen molar-refractivity contribution in [3.63, 3.8) is 0 Å². The second-order valence-electron chi connectivity index (χ2n) is 4.92. The Balaban J connectivity index is 2.58. The third-order valence-electron chi connectivity index (χ3n) is 3.01. The van der Waals surface area contributed by atoms with Crippen LogP contribution < -0.4 is 10.5 Å². The third-order valence-corrected chi connectivity index (χ3v) is 3.01. The van der Waals surface area contributed by atoms with Crippen molar-refractivity contribution in [3.8, 4) is 5.75 Å². The van der Waals surface area contributed by atoms with Gasteiger partial charge in [0.15, 0.2) is 0 Å². The number of likely N-dealkylation sites (N-methyl/N-ethyl adjacent to an activating group) is 1.